The number of hydrogen-bond acceptors (Lipinski definition) is 8. The number of nitrogens with zero attached hydrogens (tertiary/aromatic N) is 5. The van der Waals surface area contributed by atoms with Gasteiger partial charge in [0.15, 0.2) is 0 Å². The third-order valence-corrected chi connectivity index (χ3v) is 7.02. The first kappa shape index (κ1) is 22.9. The Hall–Kier alpha value is -2.92. The molecule has 1 aliphatic carbocycles. The largest absolute Gasteiger partial charge is 0.474 e. The van der Waals surface area contributed by atoms with Gasteiger partial charge in [-0.1, -0.05) is 0 Å². The van der Waals surface area contributed by atoms with Crippen molar-refractivity contribution < 1.29 is 17.9 Å². The highest BCUT2D eigenvalue weighted by Crippen LogP contribution is 2.36. The second-order valence-electron chi connectivity index (χ2n) is 9.09. The standard InChI is InChI=1S/C23H30N6O4S/c1-28-15-17(13-25-28)16-3-5-19(6-4-16)33-23-20-11-18(27-34(2,30)31)14-24-21(20)12-22(26-23)29-7-9-32-10-8-29/h11-16,19,27H,3-10H2,1-2H3/t16-,19-. The van der Waals surface area contributed by atoms with Crippen LogP contribution in [0.4, 0.5) is 11.5 Å². The Kier molecular flexibility index (Phi) is 6.30. The van der Waals surface area contributed by atoms with Gasteiger partial charge >= 0.3 is 0 Å². The zero-order valence-electron chi connectivity index (χ0n) is 19.5. The number of rotatable bonds is 6. The van der Waals surface area contributed by atoms with Crippen LogP contribution in [-0.2, 0) is 21.8 Å². The van der Waals surface area contributed by atoms with Gasteiger partial charge in [0.2, 0.25) is 15.9 Å². The molecule has 3 aromatic rings. The summed E-state index contributed by atoms with van der Waals surface area (Å²) in [4.78, 5) is 11.5. The minimum Gasteiger partial charge on any atom is -0.474 e. The Balaban J connectivity index is 1.41. The van der Waals surface area contributed by atoms with Crippen molar-refractivity contribution in [2.75, 3.05) is 42.2 Å². The van der Waals surface area contributed by atoms with Crippen LogP contribution in [0.1, 0.15) is 37.2 Å². The lowest BCUT2D eigenvalue weighted by molar-refractivity contribution is 0.122. The maximum atomic E-state index is 11.7. The molecule has 11 heteroatoms. The van der Waals surface area contributed by atoms with E-state index in [1.54, 1.807) is 6.07 Å². The van der Waals surface area contributed by atoms with Gasteiger partial charge in [0.25, 0.3) is 0 Å². The van der Waals surface area contributed by atoms with Gasteiger partial charge in [-0.3, -0.25) is 14.4 Å². The molecule has 3 aromatic heterocycles. The van der Waals surface area contributed by atoms with Crippen molar-refractivity contribution in [2.24, 2.45) is 7.05 Å². The first-order valence-electron chi connectivity index (χ1n) is 11.6. The van der Waals surface area contributed by atoms with E-state index in [0.29, 0.717) is 36.1 Å². The SMILES string of the molecule is Cn1cc([C@H]2CC[C@H](Oc3nc(N4CCOCC4)cc4ncc(NS(C)(=O)=O)cc34)CC2)cn1. The second-order valence-corrected chi connectivity index (χ2v) is 10.8. The predicted molar refractivity (Wildman–Crippen MR) is 130 cm³/mol. The molecule has 0 amide bonds. The van der Waals surface area contributed by atoms with Crippen LogP contribution in [0.3, 0.4) is 0 Å². The average Bonchev–Trinajstić information content (AvgIpc) is 3.25. The van der Waals surface area contributed by atoms with Gasteiger partial charge in [-0.2, -0.15) is 10.1 Å². The van der Waals surface area contributed by atoms with Crippen molar-refractivity contribution in [3.63, 3.8) is 0 Å². The van der Waals surface area contributed by atoms with Gasteiger partial charge in [0.05, 0.1) is 48.5 Å². The molecule has 0 bridgehead atoms. The molecule has 34 heavy (non-hydrogen) atoms. The van der Waals surface area contributed by atoms with E-state index < -0.39 is 10.0 Å². The van der Waals surface area contributed by atoms with Crippen LogP contribution in [-0.4, -0.2) is 66.8 Å². The van der Waals surface area contributed by atoms with E-state index in [-0.39, 0.29) is 6.10 Å². The summed E-state index contributed by atoms with van der Waals surface area (Å²) >= 11 is 0. The van der Waals surface area contributed by atoms with Gasteiger partial charge in [0, 0.05) is 32.4 Å². The van der Waals surface area contributed by atoms with Crippen LogP contribution in [0, 0.1) is 0 Å². The fourth-order valence-electron chi connectivity index (χ4n) is 4.72. The maximum absolute atomic E-state index is 11.7. The summed E-state index contributed by atoms with van der Waals surface area (Å²) in [5.41, 5.74) is 2.38. The molecule has 0 spiro atoms. The minimum atomic E-state index is -3.42. The lowest BCUT2D eigenvalue weighted by Gasteiger charge is -2.30. The Bertz CT molecular complexity index is 1260. The summed E-state index contributed by atoms with van der Waals surface area (Å²) < 4.78 is 39.8. The Morgan fingerprint density at radius 3 is 2.56 bits per heavy atom. The number of fused-ring (bicyclic) bond motifs is 1. The fourth-order valence-corrected chi connectivity index (χ4v) is 5.26. The predicted octanol–water partition coefficient (Wildman–Crippen LogP) is 2.68. The molecule has 0 aromatic carbocycles. The monoisotopic (exact) mass is 486 g/mol. The Morgan fingerprint density at radius 2 is 1.88 bits per heavy atom. The molecule has 1 saturated carbocycles. The quantitative estimate of drug-likeness (QED) is 0.566. The van der Waals surface area contributed by atoms with Crippen molar-refractivity contribution in [1.29, 1.82) is 0 Å². The second kappa shape index (κ2) is 9.38. The summed E-state index contributed by atoms with van der Waals surface area (Å²) in [7, 11) is -1.48. The normalized spacial score (nSPS) is 21.5. The molecular weight excluding hydrogens is 456 g/mol. The van der Waals surface area contributed by atoms with E-state index in [9.17, 15) is 8.42 Å². The maximum Gasteiger partial charge on any atom is 0.229 e. The number of sulfonamides is 1. The minimum absolute atomic E-state index is 0.0371. The van der Waals surface area contributed by atoms with Gasteiger partial charge in [-0.05, 0) is 43.2 Å². The Labute approximate surface area is 199 Å². The molecule has 0 radical (unpaired) electrons. The molecule has 1 saturated heterocycles. The van der Waals surface area contributed by atoms with Crippen molar-refractivity contribution in [3.05, 3.63) is 36.3 Å². The lowest BCUT2D eigenvalue weighted by Crippen LogP contribution is -2.36. The first-order chi connectivity index (χ1) is 16.3. The zero-order chi connectivity index (χ0) is 23.7. The fraction of sp³-hybridized carbons (Fsp3) is 0.522. The summed E-state index contributed by atoms with van der Waals surface area (Å²) in [5, 5.41) is 5.00. The molecule has 4 heterocycles. The average molecular weight is 487 g/mol. The van der Waals surface area contributed by atoms with Crippen molar-refractivity contribution >= 4 is 32.4 Å². The summed E-state index contributed by atoms with van der Waals surface area (Å²) in [6.45, 7) is 2.81. The molecule has 1 aliphatic heterocycles. The summed E-state index contributed by atoms with van der Waals surface area (Å²) in [5.74, 6) is 1.78. The number of nitrogens with one attached hydrogen (secondary N) is 1. The van der Waals surface area contributed by atoms with Crippen molar-refractivity contribution in [1.82, 2.24) is 19.7 Å². The van der Waals surface area contributed by atoms with Gasteiger partial charge < -0.3 is 14.4 Å². The number of anilines is 2. The summed E-state index contributed by atoms with van der Waals surface area (Å²) in [6.07, 6.45) is 10.6. The summed E-state index contributed by atoms with van der Waals surface area (Å²) in [6, 6.07) is 3.67. The third-order valence-electron chi connectivity index (χ3n) is 6.42. The van der Waals surface area contributed by atoms with Crippen molar-refractivity contribution in [2.45, 2.75) is 37.7 Å². The molecule has 10 nitrogen and oxygen atoms in total. The molecular formula is C23H30N6O4S. The topological polar surface area (TPSA) is 111 Å². The molecule has 0 unspecified atom stereocenters. The van der Waals surface area contributed by atoms with E-state index in [4.69, 9.17) is 14.5 Å². The number of aryl methyl sites for hydroxylation is 1. The van der Waals surface area contributed by atoms with Gasteiger partial charge in [-0.15, -0.1) is 0 Å². The number of aromatic nitrogens is 4. The Morgan fingerprint density at radius 1 is 1.12 bits per heavy atom. The molecule has 182 valence electrons. The highest BCUT2D eigenvalue weighted by atomic mass is 32.2. The molecule has 2 fully saturated rings. The van der Waals surface area contributed by atoms with Crippen LogP contribution in [0.5, 0.6) is 5.88 Å². The van der Waals surface area contributed by atoms with E-state index in [2.05, 4.69) is 25.9 Å². The van der Waals surface area contributed by atoms with Crippen LogP contribution in [0.25, 0.3) is 10.9 Å². The van der Waals surface area contributed by atoms with Crippen LogP contribution >= 0.6 is 0 Å². The number of ether oxygens (including phenoxy) is 2. The van der Waals surface area contributed by atoms with Crippen LogP contribution in [0.15, 0.2) is 30.7 Å². The number of hydrogen-bond donors (Lipinski definition) is 1. The molecule has 1 N–H and O–H groups in total. The molecule has 5 rings (SSSR count). The number of morpholine rings is 1. The van der Waals surface area contributed by atoms with E-state index in [1.165, 1.54) is 11.8 Å². The van der Waals surface area contributed by atoms with E-state index in [0.717, 1.165) is 56.4 Å². The van der Waals surface area contributed by atoms with E-state index in [1.807, 2.05) is 24.0 Å². The third kappa shape index (κ3) is 5.25. The van der Waals surface area contributed by atoms with E-state index >= 15 is 0 Å². The van der Waals surface area contributed by atoms with Gasteiger partial charge in [0.1, 0.15) is 11.9 Å². The smallest absolute Gasteiger partial charge is 0.229 e. The highest BCUT2D eigenvalue weighted by molar-refractivity contribution is 7.92. The number of pyridine rings is 2. The molecule has 0 atom stereocenters. The first-order valence-corrected chi connectivity index (χ1v) is 13.5. The van der Waals surface area contributed by atoms with Gasteiger partial charge in [-0.25, -0.2) is 8.42 Å². The lowest BCUT2D eigenvalue weighted by atomic mass is 9.84. The zero-order valence-corrected chi connectivity index (χ0v) is 20.3. The highest BCUT2D eigenvalue weighted by Gasteiger charge is 2.26. The van der Waals surface area contributed by atoms with Crippen LogP contribution < -0.4 is 14.4 Å². The molecule has 2 aliphatic rings. The van der Waals surface area contributed by atoms with Crippen LogP contribution in [0.2, 0.25) is 0 Å². The van der Waals surface area contributed by atoms with Crippen molar-refractivity contribution in [3.8, 4) is 5.88 Å².